The van der Waals surface area contributed by atoms with Crippen LogP contribution in [0.15, 0.2) is 0 Å². The molecule has 1 aliphatic rings. The van der Waals surface area contributed by atoms with E-state index >= 15 is 0 Å². The Hall–Kier alpha value is -0.790. The molecule has 1 saturated heterocycles. The van der Waals surface area contributed by atoms with Crippen molar-refractivity contribution >= 4 is 26.1 Å². The Morgan fingerprint density at radius 1 is 1.14 bits per heavy atom. The number of carbonyl (C=O) groups excluding carboxylic acids is 1. The first kappa shape index (κ1) is 19.3. The molecule has 0 radical (unpaired) electrons. The predicted molar refractivity (Wildman–Crippen MR) is 73.8 cm³/mol. The first-order valence-corrected chi connectivity index (χ1v) is 9.74. The number of carbonyl (C=O) groups is 1. The summed E-state index contributed by atoms with van der Waals surface area (Å²) in [5, 5.41) is 2.41. The van der Waals surface area contributed by atoms with Gasteiger partial charge in [-0.1, -0.05) is 0 Å². The molecule has 0 saturated carbocycles. The van der Waals surface area contributed by atoms with E-state index in [9.17, 15) is 21.6 Å². The van der Waals surface area contributed by atoms with Gasteiger partial charge in [0.2, 0.25) is 5.91 Å². The van der Waals surface area contributed by atoms with Gasteiger partial charge in [0.25, 0.3) is 20.2 Å². The van der Waals surface area contributed by atoms with Gasteiger partial charge in [0, 0.05) is 14.0 Å². The normalized spacial score (nSPS) is 30.0. The summed E-state index contributed by atoms with van der Waals surface area (Å²) >= 11 is 0. The number of rotatable bonds is 6. The summed E-state index contributed by atoms with van der Waals surface area (Å²) in [6.07, 6.45) is -1.94. The third kappa shape index (κ3) is 6.14. The molecule has 22 heavy (non-hydrogen) atoms. The minimum absolute atomic E-state index is 0.236. The molecule has 12 heteroatoms. The number of hydrogen-bond donors (Lipinski definition) is 1. The fourth-order valence-corrected chi connectivity index (χ4v) is 3.24. The maximum absolute atomic E-state index is 11.4. The number of amides is 1. The maximum atomic E-state index is 11.4. The standard InChI is InChI=1S/C10H19NO9S2/c1-6(12)11-8-7(19-21(3,13)14)5-18-10(17-2)9(8)20-22(4,15)16/h7-10H,5H2,1-4H3,(H,11,12). The van der Waals surface area contributed by atoms with Crippen molar-refractivity contribution in [3.05, 3.63) is 0 Å². The van der Waals surface area contributed by atoms with E-state index in [1.807, 2.05) is 0 Å². The van der Waals surface area contributed by atoms with E-state index in [-0.39, 0.29) is 6.61 Å². The Morgan fingerprint density at radius 2 is 1.68 bits per heavy atom. The first-order chi connectivity index (χ1) is 9.93. The lowest BCUT2D eigenvalue weighted by molar-refractivity contribution is -0.223. The summed E-state index contributed by atoms with van der Waals surface area (Å²) in [7, 11) is -6.52. The van der Waals surface area contributed by atoms with Crippen LogP contribution in [-0.4, -0.2) is 73.5 Å². The SMILES string of the molecule is COC1OCC(OS(C)(=O)=O)C(NC(C)=O)C1OS(C)(=O)=O. The minimum Gasteiger partial charge on any atom is -0.353 e. The van der Waals surface area contributed by atoms with Crippen LogP contribution in [0, 0.1) is 0 Å². The van der Waals surface area contributed by atoms with Crippen LogP contribution in [0.25, 0.3) is 0 Å². The van der Waals surface area contributed by atoms with E-state index in [2.05, 4.69) is 5.32 Å². The molecule has 1 aliphatic heterocycles. The monoisotopic (exact) mass is 361 g/mol. The van der Waals surface area contributed by atoms with Crippen molar-refractivity contribution < 1.29 is 39.5 Å². The fourth-order valence-electron chi connectivity index (χ4n) is 2.00. The molecule has 1 amide bonds. The van der Waals surface area contributed by atoms with Crippen molar-refractivity contribution in [2.45, 2.75) is 31.5 Å². The van der Waals surface area contributed by atoms with Gasteiger partial charge in [-0.25, -0.2) is 0 Å². The molecular weight excluding hydrogens is 342 g/mol. The summed E-state index contributed by atoms with van der Waals surface area (Å²) in [6, 6.07) is -1.10. The molecule has 0 aromatic rings. The summed E-state index contributed by atoms with van der Waals surface area (Å²) in [4.78, 5) is 11.3. The molecular formula is C10H19NO9S2. The zero-order valence-electron chi connectivity index (χ0n) is 12.5. The molecule has 1 fully saturated rings. The molecule has 0 aromatic heterocycles. The van der Waals surface area contributed by atoms with Gasteiger partial charge >= 0.3 is 0 Å². The van der Waals surface area contributed by atoms with Crippen LogP contribution in [0.3, 0.4) is 0 Å². The number of nitrogens with one attached hydrogen (secondary N) is 1. The van der Waals surface area contributed by atoms with Gasteiger partial charge < -0.3 is 14.8 Å². The Labute approximate surface area is 129 Å². The molecule has 4 unspecified atom stereocenters. The lowest BCUT2D eigenvalue weighted by atomic mass is 10.0. The molecule has 0 aliphatic carbocycles. The average molecular weight is 361 g/mol. The van der Waals surface area contributed by atoms with Crippen LogP contribution in [0.1, 0.15) is 6.92 Å². The first-order valence-electron chi connectivity index (χ1n) is 6.11. The lowest BCUT2D eigenvalue weighted by Gasteiger charge is -2.40. The van der Waals surface area contributed by atoms with Crippen LogP contribution in [0.4, 0.5) is 0 Å². The second kappa shape index (κ2) is 7.19. The van der Waals surface area contributed by atoms with Crippen molar-refractivity contribution in [1.29, 1.82) is 0 Å². The van der Waals surface area contributed by atoms with Gasteiger partial charge in [0.15, 0.2) is 12.4 Å². The molecule has 0 aromatic carbocycles. The summed E-state index contributed by atoms with van der Waals surface area (Å²) in [5.74, 6) is -0.522. The predicted octanol–water partition coefficient (Wildman–Crippen LogP) is -1.82. The number of hydrogen-bond acceptors (Lipinski definition) is 9. The quantitative estimate of drug-likeness (QED) is 0.543. The Morgan fingerprint density at radius 3 is 2.09 bits per heavy atom. The van der Waals surface area contributed by atoms with E-state index in [0.717, 1.165) is 12.5 Å². The van der Waals surface area contributed by atoms with Crippen LogP contribution < -0.4 is 5.32 Å². The summed E-state index contributed by atoms with van der Waals surface area (Å²) in [6.45, 7) is 0.951. The van der Waals surface area contributed by atoms with E-state index < -0.39 is 50.7 Å². The topological polar surface area (TPSA) is 134 Å². The van der Waals surface area contributed by atoms with Gasteiger partial charge in [0.1, 0.15) is 6.10 Å². The highest BCUT2D eigenvalue weighted by Crippen LogP contribution is 2.23. The third-order valence-electron chi connectivity index (χ3n) is 2.63. The highest BCUT2D eigenvalue weighted by atomic mass is 32.2. The Bertz CT molecular complexity index is 600. The van der Waals surface area contributed by atoms with E-state index in [4.69, 9.17) is 17.8 Å². The third-order valence-corrected chi connectivity index (χ3v) is 3.80. The molecule has 1 N–H and O–H groups in total. The van der Waals surface area contributed by atoms with Gasteiger partial charge in [0.05, 0.1) is 25.2 Å². The second-order valence-electron chi connectivity index (χ2n) is 4.77. The average Bonchev–Trinajstić information content (AvgIpc) is 2.29. The van der Waals surface area contributed by atoms with Crippen molar-refractivity contribution in [3.63, 3.8) is 0 Å². The molecule has 1 rings (SSSR count). The van der Waals surface area contributed by atoms with E-state index in [1.165, 1.54) is 14.0 Å². The second-order valence-corrected chi connectivity index (χ2v) is 7.97. The fraction of sp³-hybridized carbons (Fsp3) is 0.900. The summed E-state index contributed by atoms with van der Waals surface area (Å²) in [5.41, 5.74) is 0. The molecule has 130 valence electrons. The number of methoxy groups -OCH3 is 1. The smallest absolute Gasteiger partial charge is 0.264 e. The van der Waals surface area contributed by atoms with Crippen LogP contribution in [-0.2, 0) is 42.9 Å². The Kier molecular flexibility index (Phi) is 6.29. The Balaban J connectivity index is 3.13. The van der Waals surface area contributed by atoms with Gasteiger partial charge in [-0.2, -0.15) is 16.8 Å². The van der Waals surface area contributed by atoms with E-state index in [0.29, 0.717) is 0 Å². The van der Waals surface area contributed by atoms with Crippen LogP contribution in [0.2, 0.25) is 0 Å². The molecule has 4 atom stereocenters. The number of ether oxygens (including phenoxy) is 2. The lowest BCUT2D eigenvalue weighted by Crippen LogP contribution is -2.62. The van der Waals surface area contributed by atoms with Crippen molar-refractivity contribution in [2.24, 2.45) is 0 Å². The van der Waals surface area contributed by atoms with Crippen molar-refractivity contribution in [3.8, 4) is 0 Å². The molecule has 0 bridgehead atoms. The van der Waals surface area contributed by atoms with Crippen LogP contribution in [0.5, 0.6) is 0 Å². The molecule has 1 heterocycles. The minimum atomic E-state index is -3.92. The highest BCUT2D eigenvalue weighted by molar-refractivity contribution is 7.86. The van der Waals surface area contributed by atoms with Crippen molar-refractivity contribution in [2.75, 3.05) is 26.2 Å². The van der Waals surface area contributed by atoms with Gasteiger partial charge in [-0.05, 0) is 0 Å². The zero-order valence-corrected chi connectivity index (χ0v) is 14.1. The van der Waals surface area contributed by atoms with Crippen LogP contribution >= 0.6 is 0 Å². The highest BCUT2D eigenvalue weighted by Gasteiger charge is 2.46. The van der Waals surface area contributed by atoms with Crippen molar-refractivity contribution in [1.82, 2.24) is 5.32 Å². The molecule has 10 nitrogen and oxygen atoms in total. The maximum Gasteiger partial charge on any atom is 0.264 e. The summed E-state index contributed by atoms with van der Waals surface area (Å²) < 4.78 is 65.2. The largest absolute Gasteiger partial charge is 0.353 e. The van der Waals surface area contributed by atoms with Gasteiger partial charge in [-0.3, -0.25) is 13.2 Å². The zero-order chi connectivity index (χ0) is 17.1. The van der Waals surface area contributed by atoms with E-state index in [1.54, 1.807) is 0 Å². The molecule has 0 spiro atoms. The van der Waals surface area contributed by atoms with Gasteiger partial charge in [-0.15, -0.1) is 0 Å².